The number of hydrogen-bond donors (Lipinski definition) is 0. The number of hydrogen-bond acceptors (Lipinski definition) is 1. The van der Waals surface area contributed by atoms with Crippen LogP contribution in [0.4, 0.5) is 0 Å². The smallest absolute Gasteiger partial charge is 0.0143 e. The van der Waals surface area contributed by atoms with Gasteiger partial charge in [-0.2, -0.15) is 0 Å². The van der Waals surface area contributed by atoms with Crippen molar-refractivity contribution in [3.05, 3.63) is 22.4 Å². The van der Waals surface area contributed by atoms with Crippen molar-refractivity contribution >= 4 is 27.3 Å². The highest BCUT2D eigenvalue weighted by molar-refractivity contribution is 9.09. The zero-order chi connectivity index (χ0) is 10.2. The highest BCUT2D eigenvalue weighted by Gasteiger charge is 2.00. The Bertz CT molecular complexity index is 218. The lowest BCUT2D eigenvalue weighted by Crippen LogP contribution is -1.94. The first-order valence-corrected chi connectivity index (χ1v) is 7.29. The third-order valence-electron chi connectivity index (χ3n) is 2.46. The standard InChI is InChI=1S/C12H19BrS/c1-2-11(13)7-4-3-5-8-12-9-6-10-14-12/h6,9-11H,2-5,7-8H2,1H3. The van der Waals surface area contributed by atoms with Crippen LogP contribution < -0.4 is 0 Å². The van der Waals surface area contributed by atoms with E-state index < -0.39 is 0 Å². The van der Waals surface area contributed by atoms with E-state index in [1.54, 1.807) is 0 Å². The van der Waals surface area contributed by atoms with Crippen LogP contribution in [0.3, 0.4) is 0 Å². The van der Waals surface area contributed by atoms with E-state index in [9.17, 15) is 0 Å². The van der Waals surface area contributed by atoms with Gasteiger partial charge in [0.05, 0.1) is 0 Å². The van der Waals surface area contributed by atoms with E-state index in [-0.39, 0.29) is 0 Å². The Labute approximate surface area is 99.9 Å². The second-order valence-corrected chi connectivity index (χ2v) is 6.01. The molecule has 2 heteroatoms. The number of thiophene rings is 1. The fourth-order valence-electron chi connectivity index (χ4n) is 1.50. The molecule has 0 saturated heterocycles. The van der Waals surface area contributed by atoms with Gasteiger partial charge in [-0.15, -0.1) is 11.3 Å². The van der Waals surface area contributed by atoms with Crippen LogP contribution in [0.25, 0.3) is 0 Å². The van der Waals surface area contributed by atoms with Crippen molar-refractivity contribution in [2.45, 2.75) is 50.3 Å². The fraction of sp³-hybridized carbons (Fsp3) is 0.667. The third-order valence-corrected chi connectivity index (χ3v) is 4.51. The van der Waals surface area contributed by atoms with Crippen LogP contribution in [-0.2, 0) is 6.42 Å². The van der Waals surface area contributed by atoms with Gasteiger partial charge in [0, 0.05) is 9.70 Å². The van der Waals surface area contributed by atoms with Gasteiger partial charge in [0.1, 0.15) is 0 Å². The largest absolute Gasteiger partial charge is 0.149 e. The molecule has 0 fully saturated rings. The maximum absolute atomic E-state index is 3.67. The number of unbranched alkanes of at least 4 members (excludes halogenated alkanes) is 2. The molecular formula is C12H19BrS. The molecule has 1 heterocycles. The Morgan fingerprint density at radius 1 is 1.36 bits per heavy atom. The Hall–Kier alpha value is 0.180. The van der Waals surface area contributed by atoms with Gasteiger partial charge in [-0.05, 0) is 37.1 Å². The number of rotatable bonds is 7. The molecule has 1 aromatic heterocycles. The molecule has 1 aromatic rings. The maximum atomic E-state index is 3.67. The monoisotopic (exact) mass is 274 g/mol. The molecule has 0 N–H and O–H groups in total. The van der Waals surface area contributed by atoms with E-state index in [4.69, 9.17) is 0 Å². The summed E-state index contributed by atoms with van der Waals surface area (Å²) in [6.07, 6.45) is 7.96. The van der Waals surface area contributed by atoms with Crippen LogP contribution in [0.1, 0.15) is 43.9 Å². The van der Waals surface area contributed by atoms with Crippen molar-refractivity contribution < 1.29 is 0 Å². The molecule has 0 bridgehead atoms. The Kier molecular flexibility index (Phi) is 6.54. The molecule has 0 aliphatic heterocycles. The zero-order valence-electron chi connectivity index (χ0n) is 8.84. The number of aryl methyl sites for hydroxylation is 1. The minimum absolute atomic E-state index is 0.740. The van der Waals surface area contributed by atoms with Gasteiger partial charge in [0.25, 0.3) is 0 Å². The van der Waals surface area contributed by atoms with E-state index in [0.717, 1.165) is 4.83 Å². The van der Waals surface area contributed by atoms with Crippen molar-refractivity contribution in [1.29, 1.82) is 0 Å². The Morgan fingerprint density at radius 2 is 2.21 bits per heavy atom. The quantitative estimate of drug-likeness (QED) is 0.484. The van der Waals surface area contributed by atoms with Crippen molar-refractivity contribution in [2.75, 3.05) is 0 Å². The van der Waals surface area contributed by atoms with Crippen molar-refractivity contribution in [1.82, 2.24) is 0 Å². The van der Waals surface area contributed by atoms with E-state index >= 15 is 0 Å². The minimum atomic E-state index is 0.740. The Balaban J connectivity index is 1.95. The van der Waals surface area contributed by atoms with E-state index in [0.29, 0.717) is 0 Å². The average molecular weight is 275 g/mol. The molecule has 0 radical (unpaired) electrons. The molecular weight excluding hydrogens is 256 g/mol. The van der Waals surface area contributed by atoms with Crippen molar-refractivity contribution in [3.8, 4) is 0 Å². The molecule has 0 spiro atoms. The lowest BCUT2D eigenvalue weighted by molar-refractivity contribution is 0.623. The highest BCUT2D eigenvalue weighted by atomic mass is 79.9. The molecule has 1 atom stereocenters. The third kappa shape index (κ3) is 5.16. The van der Waals surface area contributed by atoms with Crippen molar-refractivity contribution in [3.63, 3.8) is 0 Å². The van der Waals surface area contributed by atoms with Gasteiger partial charge in [-0.3, -0.25) is 0 Å². The van der Waals surface area contributed by atoms with Crippen LogP contribution in [0.2, 0.25) is 0 Å². The number of halogens is 1. The first-order chi connectivity index (χ1) is 6.83. The summed E-state index contributed by atoms with van der Waals surface area (Å²) in [6.45, 7) is 2.24. The molecule has 14 heavy (non-hydrogen) atoms. The predicted octanol–water partition coefficient (Wildman–Crippen LogP) is 5.02. The summed E-state index contributed by atoms with van der Waals surface area (Å²) in [5, 5.41) is 2.17. The molecule has 0 aliphatic rings. The van der Waals surface area contributed by atoms with E-state index in [2.05, 4.69) is 40.4 Å². The maximum Gasteiger partial charge on any atom is 0.0143 e. The topological polar surface area (TPSA) is 0 Å². The van der Waals surface area contributed by atoms with E-state index in [1.165, 1.54) is 43.4 Å². The van der Waals surface area contributed by atoms with Gasteiger partial charge in [0.15, 0.2) is 0 Å². The molecule has 0 amide bonds. The predicted molar refractivity (Wildman–Crippen MR) is 69.5 cm³/mol. The lowest BCUT2D eigenvalue weighted by atomic mass is 10.1. The van der Waals surface area contributed by atoms with Crippen molar-refractivity contribution in [2.24, 2.45) is 0 Å². The molecule has 1 unspecified atom stereocenters. The van der Waals surface area contributed by atoms with Crippen LogP contribution in [0.15, 0.2) is 17.5 Å². The Morgan fingerprint density at radius 3 is 2.86 bits per heavy atom. The van der Waals surface area contributed by atoms with E-state index in [1.807, 2.05) is 11.3 Å². The van der Waals surface area contributed by atoms with Crippen LogP contribution >= 0.6 is 27.3 Å². The second kappa shape index (κ2) is 7.47. The summed E-state index contributed by atoms with van der Waals surface area (Å²) >= 11 is 5.55. The molecule has 0 nitrogen and oxygen atoms in total. The summed E-state index contributed by atoms with van der Waals surface area (Å²) in [5.74, 6) is 0. The van der Waals surface area contributed by atoms with Gasteiger partial charge < -0.3 is 0 Å². The second-order valence-electron chi connectivity index (χ2n) is 3.68. The SMILES string of the molecule is CCC(Br)CCCCCc1cccs1. The first kappa shape index (κ1) is 12.3. The number of alkyl halides is 1. The summed E-state index contributed by atoms with van der Waals surface area (Å²) in [7, 11) is 0. The van der Waals surface area contributed by atoms with Crippen LogP contribution in [0, 0.1) is 0 Å². The summed E-state index contributed by atoms with van der Waals surface area (Å²) in [4.78, 5) is 2.28. The highest BCUT2D eigenvalue weighted by Crippen LogP contribution is 2.16. The summed E-state index contributed by atoms with van der Waals surface area (Å²) in [6, 6.07) is 4.38. The lowest BCUT2D eigenvalue weighted by Gasteiger charge is -2.05. The van der Waals surface area contributed by atoms with Gasteiger partial charge in [0.2, 0.25) is 0 Å². The average Bonchev–Trinajstić information content (AvgIpc) is 2.69. The first-order valence-electron chi connectivity index (χ1n) is 5.49. The fourth-order valence-corrected chi connectivity index (χ4v) is 2.58. The zero-order valence-corrected chi connectivity index (χ0v) is 11.2. The van der Waals surface area contributed by atoms with Gasteiger partial charge in [-0.25, -0.2) is 0 Å². The van der Waals surface area contributed by atoms with Crippen LogP contribution in [-0.4, -0.2) is 4.83 Å². The molecule has 0 saturated carbocycles. The van der Waals surface area contributed by atoms with Gasteiger partial charge >= 0.3 is 0 Å². The minimum Gasteiger partial charge on any atom is -0.149 e. The summed E-state index contributed by atoms with van der Waals surface area (Å²) in [5.41, 5.74) is 0. The van der Waals surface area contributed by atoms with Gasteiger partial charge in [-0.1, -0.05) is 41.8 Å². The van der Waals surface area contributed by atoms with Crippen LogP contribution in [0.5, 0.6) is 0 Å². The molecule has 80 valence electrons. The molecule has 1 rings (SSSR count). The molecule has 0 aliphatic carbocycles. The molecule has 0 aromatic carbocycles. The summed E-state index contributed by atoms with van der Waals surface area (Å²) < 4.78 is 0. The normalized spacial score (nSPS) is 13.0.